The number of rotatable bonds is 8. The maximum atomic E-state index is 13.0. The highest BCUT2D eigenvalue weighted by Gasteiger charge is 2.23. The molecule has 0 aliphatic carbocycles. The van der Waals surface area contributed by atoms with Gasteiger partial charge in [-0.25, -0.2) is 9.97 Å². The van der Waals surface area contributed by atoms with Gasteiger partial charge in [-0.1, -0.05) is 85.9 Å². The van der Waals surface area contributed by atoms with E-state index in [1.165, 1.54) is 9.13 Å². The quantitative estimate of drug-likeness (QED) is 0.205. The zero-order valence-electron chi connectivity index (χ0n) is 22.0. The maximum Gasteiger partial charge on any atom is 0.255 e. The number of imidazole rings is 2. The van der Waals surface area contributed by atoms with Crippen molar-refractivity contribution in [2.75, 3.05) is 0 Å². The van der Waals surface area contributed by atoms with Crippen molar-refractivity contribution in [1.82, 2.24) is 19.1 Å². The number of thioether (sulfide) groups is 2. The van der Waals surface area contributed by atoms with Crippen LogP contribution in [0, 0.1) is 0 Å². The lowest BCUT2D eigenvalue weighted by molar-refractivity contribution is 0.0894. The van der Waals surface area contributed by atoms with Gasteiger partial charge in [-0.3, -0.25) is 28.3 Å². The summed E-state index contributed by atoms with van der Waals surface area (Å²) in [7, 11) is 0. The molecule has 0 N–H and O–H groups in total. The summed E-state index contributed by atoms with van der Waals surface area (Å²) in [6, 6.07) is 22.1. The van der Waals surface area contributed by atoms with E-state index in [0.717, 1.165) is 34.7 Å². The summed E-state index contributed by atoms with van der Waals surface area (Å²) in [4.78, 5) is 60.0. The highest BCUT2D eigenvalue weighted by atomic mass is 32.2. The molecule has 0 aliphatic heterocycles. The van der Waals surface area contributed by atoms with Crippen molar-refractivity contribution in [3.8, 4) is 0 Å². The van der Waals surface area contributed by atoms with E-state index in [9.17, 15) is 19.2 Å². The number of para-hydroxylation sites is 4. The second-order valence-corrected chi connectivity index (χ2v) is 10.9. The molecule has 0 bridgehead atoms. The minimum absolute atomic E-state index is 0.136. The van der Waals surface area contributed by atoms with Crippen LogP contribution in [-0.2, 0) is 11.5 Å². The van der Waals surface area contributed by atoms with E-state index in [0.29, 0.717) is 33.6 Å². The van der Waals surface area contributed by atoms with Crippen molar-refractivity contribution in [1.29, 1.82) is 0 Å². The number of carbonyl (C=O) groups is 4. The van der Waals surface area contributed by atoms with E-state index in [4.69, 9.17) is 0 Å². The van der Waals surface area contributed by atoms with Gasteiger partial charge >= 0.3 is 0 Å². The number of hydrogen-bond donors (Lipinski definition) is 0. The molecule has 10 heteroatoms. The third kappa shape index (κ3) is 5.50. The molecule has 5 rings (SSSR count). The number of nitrogens with zero attached hydrogens (tertiary/aromatic N) is 4. The van der Waals surface area contributed by atoms with Crippen LogP contribution in [0.25, 0.3) is 22.1 Å². The Morgan fingerprint density at radius 1 is 0.600 bits per heavy atom. The molecule has 3 aromatic carbocycles. The van der Waals surface area contributed by atoms with Crippen LogP contribution in [0.15, 0.2) is 72.8 Å². The van der Waals surface area contributed by atoms with Gasteiger partial charge in [0.2, 0.25) is 11.8 Å². The van der Waals surface area contributed by atoms with Crippen LogP contribution in [0.5, 0.6) is 0 Å². The third-order valence-corrected chi connectivity index (χ3v) is 8.20. The summed E-state index contributed by atoms with van der Waals surface area (Å²) in [5, 5.41) is -0.541. The third-order valence-electron chi connectivity index (χ3n) is 6.35. The SMILES string of the molecule is CCC(=O)n1c(C(=O)SCc2ccc(CSC(=O)c3nc4ccccc4n3C(=O)CC)cc2)nc2ccccc21. The molecule has 0 spiro atoms. The molecule has 5 aromatic rings. The molecule has 0 saturated heterocycles. The summed E-state index contributed by atoms with van der Waals surface area (Å²) in [6.45, 7) is 3.51. The van der Waals surface area contributed by atoms with Crippen molar-refractivity contribution < 1.29 is 19.2 Å². The standard InChI is InChI=1S/C30H26N4O4S2/c1-3-25(35)33-23-11-7-5-9-21(23)31-27(33)29(37)39-17-19-13-15-20(16-14-19)18-40-30(38)28-32-22-10-6-8-12-24(22)34(28)26(36)4-2/h5-16H,3-4,17-18H2,1-2H3. The second-order valence-electron chi connectivity index (χ2n) is 8.98. The van der Waals surface area contributed by atoms with Gasteiger partial charge in [-0.2, -0.15) is 0 Å². The average Bonchev–Trinajstić information content (AvgIpc) is 3.58. The Bertz CT molecular complexity index is 1630. The van der Waals surface area contributed by atoms with E-state index >= 15 is 0 Å². The first-order valence-corrected chi connectivity index (χ1v) is 14.8. The Balaban J connectivity index is 1.23. The lowest BCUT2D eigenvalue weighted by Gasteiger charge is -2.07. The fraction of sp³-hybridized carbons (Fsp3) is 0.200. The highest BCUT2D eigenvalue weighted by molar-refractivity contribution is 8.13. The topological polar surface area (TPSA) is 104 Å². The number of aromatic nitrogens is 4. The number of benzene rings is 3. The molecule has 0 radical (unpaired) electrons. The molecular formula is C30H26N4O4S2. The van der Waals surface area contributed by atoms with Crippen LogP contribution < -0.4 is 0 Å². The van der Waals surface area contributed by atoms with Crippen molar-refractivity contribution in [3.63, 3.8) is 0 Å². The van der Waals surface area contributed by atoms with Crippen LogP contribution in [0.1, 0.15) is 68.6 Å². The molecule has 0 unspecified atom stereocenters. The van der Waals surface area contributed by atoms with Crippen LogP contribution >= 0.6 is 23.5 Å². The van der Waals surface area contributed by atoms with Gasteiger partial charge in [0.25, 0.3) is 10.2 Å². The molecule has 2 aromatic heterocycles. The zero-order chi connectivity index (χ0) is 28.2. The summed E-state index contributed by atoms with van der Waals surface area (Å²) in [5.41, 5.74) is 4.34. The van der Waals surface area contributed by atoms with Gasteiger partial charge in [-0.05, 0) is 35.4 Å². The Hall–Kier alpha value is -4.02. The van der Waals surface area contributed by atoms with Gasteiger partial charge in [0, 0.05) is 24.3 Å². The van der Waals surface area contributed by atoms with Gasteiger partial charge in [-0.15, -0.1) is 0 Å². The lowest BCUT2D eigenvalue weighted by atomic mass is 10.2. The van der Waals surface area contributed by atoms with E-state index in [-0.39, 0.29) is 46.5 Å². The summed E-state index contributed by atoms with van der Waals surface area (Å²) >= 11 is 2.19. The van der Waals surface area contributed by atoms with Crippen LogP contribution in [-0.4, -0.2) is 41.1 Å². The molecule has 0 aliphatic rings. The van der Waals surface area contributed by atoms with E-state index < -0.39 is 0 Å². The zero-order valence-corrected chi connectivity index (χ0v) is 23.6. The molecule has 2 heterocycles. The molecule has 40 heavy (non-hydrogen) atoms. The summed E-state index contributed by atoms with van der Waals surface area (Å²) < 4.78 is 2.81. The van der Waals surface area contributed by atoms with Gasteiger partial charge in [0.15, 0.2) is 11.6 Å². The first kappa shape index (κ1) is 27.5. The van der Waals surface area contributed by atoms with E-state index in [2.05, 4.69) is 9.97 Å². The Labute approximate surface area is 239 Å². The molecule has 0 saturated carbocycles. The lowest BCUT2D eigenvalue weighted by Crippen LogP contribution is -2.15. The normalized spacial score (nSPS) is 11.2. The average molecular weight is 571 g/mol. The van der Waals surface area contributed by atoms with Crippen LogP contribution in [0.2, 0.25) is 0 Å². The maximum absolute atomic E-state index is 13.0. The Morgan fingerprint density at radius 3 is 1.35 bits per heavy atom. The fourth-order valence-electron chi connectivity index (χ4n) is 4.31. The summed E-state index contributed by atoms with van der Waals surface area (Å²) in [5.74, 6) is 0.747. The van der Waals surface area contributed by atoms with Crippen molar-refractivity contribution in [2.45, 2.75) is 38.2 Å². The fourth-order valence-corrected chi connectivity index (χ4v) is 5.82. The Morgan fingerprint density at radius 2 is 0.975 bits per heavy atom. The van der Waals surface area contributed by atoms with Crippen molar-refractivity contribution in [2.24, 2.45) is 0 Å². The van der Waals surface area contributed by atoms with E-state index in [1.807, 2.05) is 48.5 Å². The molecule has 0 amide bonds. The number of hydrogen-bond acceptors (Lipinski definition) is 8. The van der Waals surface area contributed by atoms with Gasteiger partial charge < -0.3 is 0 Å². The van der Waals surface area contributed by atoms with Crippen LogP contribution in [0.3, 0.4) is 0 Å². The van der Waals surface area contributed by atoms with Gasteiger partial charge in [0.05, 0.1) is 22.1 Å². The predicted octanol–water partition coefficient (Wildman–Crippen LogP) is 6.63. The summed E-state index contributed by atoms with van der Waals surface area (Å²) in [6.07, 6.45) is 0.529. The van der Waals surface area contributed by atoms with Crippen LogP contribution in [0.4, 0.5) is 0 Å². The molecule has 0 fully saturated rings. The largest absolute Gasteiger partial charge is 0.278 e. The first-order chi connectivity index (χ1) is 19.4. The van der Waals surface area contributed by atoms with Crippen molar-refractivity contribution in [3.05, 3.63) is 95.6 Å². The molecule has 0 atom stereocenters. The smallest absolute Gasteiger partial charge is 0.255 e. The number of fused-ring (bicyclic) bond motifs is 2. The van der Waals surface area contributed by atoms with Gasteiger partial charge in [0.1, 0.15) is 0 Å². The molecule has 202 valence electrons. The second kappa shape index (κ2) is 12.0. The number of carbonyl (C=O) groups excluding carboxylic acids is 4. The van der Waals surface area contributed by atoms with Crippen molar-refractivity contribution >= 4 is 67.6 Å². The predicted molar refractivity (Wildman–Crippen MR) is 159 cm³/mol. The first-order valence-electron chi connectivity index (χ1n) is 12.8. The molecule has 8 nitrogen and oxygen atoms in total. The minimum atomic E-state index is -0.271. The minimum Gasteiger partial charge on any atom is -0.278 e. The van der Waals surface area contributed by atoms with E-state index in [1.54, 1.807) is 38.1 Å². The Kier molecular flexibility index (Phi) is 8.27. The monoisotopic (exact) mass is 570 g/mol. The highest BCUT2D eigenvalue weighted by Crippen LogP contribution is 2.25. The molecular weight excluding hydrogens is 544 g/mol.